The van der Waals surface area contributed by atoms with Crippen LogP contribution in [0.3, 0.4) is 0 Å². The number of hydrogen-bond donors (Lipinski definition) is 1. The minimum absolute atomic E-state index is 0.180. The molecule has 0 saturated heterocycles. The van der Waals surface area contributed by atoms with Gasteiger partial charge >= 0.3 is 0 Å². The molecule has 0 aliphatic carbocycles. The second kappa shape index (κ2) is 9.36. The van der Waals surface area contributed by atoms with E-state index in [0.29, 0.717) is 28.0 Å². The summed E-state index contributed by atoms with van der Waals surface area (Å²) in [4.78, 5) is 29.3. The van der Waals surface area contributed by atoms with Gasteiger partial charge in [0.1, 0.15) is 0 Å². The first-order valence-corrected chi connectivity index (χ1v) is 10.1. The minimum Gasteiger partial charge on any atom is -0.347 e. The predicted molar refractivity (Wildman–Crippen MR) is 122 cm³/mol. The molecule has 2 aromatic carbocycles. The molecule has 0 aliphatic rings. The van der Waals surface area contributed by atoms with Crippen LogP contribution >= 0.6 is 11.6 Å². The van der Waals surface area contributed by atoms with Crippen molar-refractivity contribution in [2.75, 3.05) is 0 Å². The van der Waals surface area contributed by atoms with Crippen molar-refractivity contribution < 1.29 is 4.79 Å². The minimum atomic E-state index is -0.282. The average molecular weight is 431 g/mol. The zero-order valence-corrected chi connectivity index (χ0v) is 17.3. The van der Waals surface area contributed by atoms with Crippen LogP contribution in [0.15, 0.2) is 83.9 Å². The van der Waals surface area contributed by atoms with Crippen molar-refractivity contribution in [3.8, 4) is 0 Å². The summed E-state index contributed by atoms with van der Waals surface area (Å²) in [6, 6.07) is 18.2. The summed E-state index contributed by atoms with van der Waals surface area (Å²) >= 11 is 6.11. The van der Waals surface area contributed by atoms with Crippen LogP contribution in [-0.4, -0.2) is 20.7 Å². The maximum Gasteiger partial charge on any atom is 0.274 e. The molecule has 0 saturated carbocycles. The summed E-state index contributed by atoms with van der Waals surface area (Å²) < 4.78 is 1.40. The lowest BCUT2D eigenvalue weighted by Crippen LogP contribution is -2.28. The molecule has 0 fully saturated rings. The van der Waals surface area contributed by atoms with E-state index in [1.807, 2.05) is 48.5 Å². The van der Waals surface area contributed by atoms with Crippen molar-refractivity contribution in [3.05, 3.63) is 111 Å². The molecule has 0 radical (unpaired) electrons. The van der Waals surface area contributed by atoms with E-state index >= 15 is 0 Å². The zero-order chi connectivity index (χ0) is 21.6. The largest absolute Gasteiger partial charge is 0.347 e. The fraction of sp³-hybridized carbons (Fsp3) is 0.0833. The lowest BCUT2D eigenvalue weighted by atomic mass is 10.1. The smallest absolute Gasteiger partial charge is 0.274 e. The van der Waals surface area contributed by atoms with Crippen LogP contribution in [0.2, 0.25) is 5.02 Å². The molecule has 6 nitrogen and oxygen atoms in total. The molecule has 0 spiro atoms. The molecule has 31 heavy (non-hydrogen) atoms. The van der Waals surface area contributed by atoms with Crippen molar-refractivity contribution in [1.82, 2.24) is 20.1 Å². The third-order valence-corrected chi connectivity index (χ3v) is 5.09. The van der Waals surface area contributed by atoms with Gasteiger partial charge in [-0.2, -0.15) is 5.10 Å². The van der Waals surface area contributed by atoms with Gasteiger partial charge in [-0.05, 0) is 35.4 Å². The maximum atomic E-state index is 12.9. The Bertz CT molecular complexity index is 1320. The van der Waals surface area contributed by atoms with Crippen LogP contribution in [0.5, 0.6) is 0 Å². The second-order valence-corrected chi connectivity index (χ2v) is 7.30. The van der Waals surface area contributed by atoms with Crippen molar-refractivity contribution in [2.45, 2.75) is 13.1 Å². The fourth-order valence-electron chi connectivity index (χ4n) is 3.21. The molecule has 0 bridgehead atoms. The average Bonchev–Trinajstić information content (AvgIpc) is 2.80. The highest BCUT2D eigenvalue weighted by atomic mass is 35.5. The van der Waals surface area contributed by atoms with Crippen LogP contribution in [0.4, 0.5) is 0 Å². The Labute approximate surface area is 183 Å². The number of pyridine rings is 1. The summed E-state index contributed by atoms with van der Waals surface area (Å²) in [5.74, 6) is -0.282. The van der Waals surface area contributed by atoms with Gasteiger partial charge in [0.15, 0.2) is 0 Å². The van der Waals surface area contributed by atoms with Gasteiger partial charge in [-0.3, -0.25) is 14.6 Å². The molecule has 2 aromatic heterocycles. The first-order valence-electron chi connectivity index (χ1n) is 9.70. The van der Waals surface area contributed by atoms with Gasteiger partial charge in [0, 0.05) is 28.9 Å². The molecule has 2 heterocycles. The van der Waals surface area contributed by atoms with Gasteiger partial charge in [0.05, 0.1) is 24.2 Å². The van der Waals surface area contributed by atoms with E-state index in [4.69, 9.17) is 11.6 Å². The topological polar surface area (TPSA) is 76.9 Å². The molecule has 154 valence electrons. The number of nitrogens with zero attached hydrogens (tertiary/aromatic N) is 3. The number of carbonyl (C=O) groups is 1. The number of nitrogens with one attached hydrogen (secondary N) is 1. The van der Waals surface area contributed by atoms with E-state index in [1.165, 1.54) is 10.8 Å². The van der Waals surface area contributed by atoms with E-state index in [1.54, 1.807) is 30.6 Å². The first-order chi connectivity index (χ1) is 15.1. The highest BCUT2D eigenvalue weighted by molar-refractivity contribution is 6.32. The van der Waals surface area contributed by atoms with E-state index in [9.17, 15) is 9.59 Å². The van der Waals surface area contributed by atoms with Crippen LogP contribution < -0.4 is 10.9 Å². The van der Waals surface area contributed by atoms with Gasteiger partial charge in [0.2, 0.25) is 5.91 Å². The number of hydrogen-bond acceptors (Lipinski definition) is 4. The van der Waals surface area contributed by atoms with Gasteiger partial charge < -0.3 is 5.32 Å². The molecular weight excluding hydrogens is 412 g/mol. The Morgan fingerprint density at radius 1 is 1.03 bits per heavy atom. The molecule has 4 rings (SSSR count). The Kier molecular flexibility index (Phi) is 6.19. The second-order valence-electron chi connectivity index (χ2n) is 6.89. The number of aromatic nitrogens is 3. The number of fused-ring (bicyclic) bond motifs is 1. The number of halogens is 1. The molecule has 0 aliphatic heterocycles. The van der Waals surface area contributed by atoms with Crippen LogP contribution in [0, 0.1) is 0 Å². The number of carbonyl (C=O) groups excluding carboxylic acids is 1. The van der Waals surface area contributed by atoms with E-state index in [0.717, 1.165) is 11.1 Å². The van der Waals surface area contributed by atoms with Gasteiger partial charge in [-0.25, -0.2) is 4.68 Å². The van der Waals surface area contributed by atoms with Crippen molar-refractivity contribution in [1.29, 1.82) is 0 Å². The Morgan fingerprint density at radius 2 is 1.81 bits per heavy atom. The van der Waals surface area contributed by atoms with E-state index in [2.05, 4.69) is 15.4 Å². The van der Waals surface area contributed by atoms with Gasteiger partial charge in [0.25, 0.3) is 5.56 Å². The van der Waals surface area contributed by atoms with Crippen molar-refractivity contribution in [2.24, 2.45) is 0 Å². The number of amides is 1. The third kappa shape index (κ3) is 4.87. The molecular formula is C24H19ClN4O2. The summed E-state index contributed by atoms with van der Waals surface area (Å²) in [6.07, 6.45) is 6.46. The van der Waals surface area contributed by atoms with Crippen LogP contribution in [-0.2, 0) is 17.9 Å². The molecule has 1 amide bonds. The van der Waals surface area contributed by atoms with E-state index in [-0.39, 0.29) is 18.0 Å². The molecule has 1 N–H and O–H groups in total. The number of benzene rings is 2. The standard InChI is InChI=1S/C24H19ClN4O2/c25-21-10-4-1-7-18(21)11-12-23(30)27-15-22-19-8-2-3-9-20(19)24(31)29(28-22)16-17-6-5-13-26-14-17/h1-14H,15-16H2,(H,27,30)/b12-11+. The van der Waals surface area contributed by atoms with Crippen molar-refractivity contribution in [3.63, 3.8) is 0 Å². The lowest BCUT2D eigenvalue weighted by Gasteiger charge is -2.11. The normalized spacial score (nSPS) is 11.1. The Morgan fingerprint density at radius 3 is 2.58 bits per heavy atom. The van der Waals surface area contributed by atoms with Gasteiger partial charge in [-0.1, -0.05) is 54.1 Å². The molecule has 7 heteroatoms. The Balaban J connectivity index is 1.58. The third-order valence-electron chi connectivity index (χ3n) is 4.75. The zero-order valence-electron chi connectivity index (χ0n) is 16.5. The summed E-state index contributed by atoms with van der Waals surface area (Å²) in [7, 11) is 0. The lowest BCUT2D eigenvalue weighted by molar-refractivity contribution is -0.116. The van der Waals surface area contributed by atoms with Crippen LogP contribution in [0.1, 0.15) is 16.8 Å². The Hall–Kier alpha value is -3.77. The van der Waals surface area contributed by atoms with Crippen molar-refractivity contribution >= 4 is 34.4 Å². The molecule has 0 atom stereocenters. The van der Waals surface area contributed by atoms with Gasteiger partial charge in [-0.15, -0.1) is 0 Å². The highest BCUT2D eigenvalue weighted by Crippen LogP contribution is 2.16. The quantitative estimate of drug-likeness (QED) is 0.472. The first kappa shape index (κ1) is 20.5. The summed E-state index contributed by atoms with van der Waals surface area (Å²) in [5.41, 5.74) is 2.05. The van der Waals surface area contributed by atoms with Crippen LogP contribution in [0.25, 0.3) is 16.8 Å². The molecule has 0 unspecified atom stereocenters. The molecule has 4 aromatic rings. The number of rotatable bonds is 6. The maximum absolute atomic E-state index is 12.9. The fourth-order valence-corrected chi connectivity index (χ4v) is 3.41. The summed E-state index contributed by atoms with van der Waals surface area (Å²) in [6.45, 7) is 0.477. The highest BCUT2D eigenvalue weighted by Gasteiger charge is 2.11. The predicted octanol–water partition coefficient (Wildman–Crippen LogP) is 3.82. The SMILES string of the molecule is O=C(/C=C/c1ccccc1Cl)NCc1nn(Cc2cccnc2)c(=O)c2ccccc12. The summed E-state index contributed by atoms with van der Waals surface area (Å²) in [5, 5.41) is 9.19. The monoisotopic (exact) mass is 430 g/mol. The van der Waals surface area contributed by atoms with E-state index < -0.39 is 0 Å².